The SMILES string of the molecule is CN1CC[C@@]2(CCC1=O)CN(C(=O)CCc1ccc(F)cc1F)CCN2C. The minimum absolute atomic E-state index is 0.0184. The van der Waals surface area contributed by atoms with Gasteiger partial charge in [-0.15, -0.1) is 0 Å². The molecular formula is C20H27F2N3O2. The molecule has 0 saturated carbocycles. The maximum Gasteiger partial charge on any atom is 0.223 e. The first kappa shape index (κ1) is 19.7. The summed E-state index contributed by atoms with van der Waals surface area (Å²) in [5.74, 6) is -1.09. The van der Waals surface area contributed by atoms with E-state index in [2.05, 4.69) is 11.9 Å². The number of nitrogens with zero attached hydrogens (tertiary/aromatic N) is 3. The summed E-state index contributed by atoms with van der Waals surface area (Å²) in [5.41, 5.74) is 0.172. The van der Waals surface area contributed by atoms with Crippen LogP contribution in [0.2, 0.25) is 0 Å². The third-order valence-electron chi connectivity index (χ3n) is 6.12. The summed E-state index contributed by atoms with van der Waals surface area (Å²) in [6, 6.07) is 3.46. The molecule has 0 radical (unpaired) electrons. The van der Waals surface area contributed by atoms with Gasteiger partial charge < -0.3 is 9.80 Å². The molecule has 0 unspecified atom stereocenters. The van der Waals surface area contributed by atoms with Gasteiger partial charge in [0.1, 0.15) is 11.6 Å². The molecule has 1 spiro atoms. The molecule has 148 valence electrons. The van der Waals surface area contributed by atoms with Crippen molar-refractivity contribution in [1.29, 1.82) is 0 Å². The van der Waals surface area contributed by atoms with Gasteiger partial charge in [0, 0.05) is 57.7 Å². The number of piperazine rings is 1. The van der Waals surface area contributed by atoms with Crippen LogP contribution in [0.1, 0.15) is 31.2 Å². The van der Waals surface area contributed by atoms with Gasteiger partial charge in [0.05, 0.1) is 0 Å². The van der Waals surface area contributed by atoms with Gasteiger partial charge in [-0.25, -0.2) is 8.78 Å². The fraction of sp³-hybridized carbons (Fsp3) is 0.600. The zero-order chi connectivity index (χ0) is 19.6. The normalized spacial score (nSPS) is 24.4. The first-order valence-corrected chi connectivity index (χ1v) is 9.48. The third-order valence-corrected chi connectivity index (χ3v) is 6.12. The number of rotatable bonds is 3. The van der Waals surface area contributed by atoms with Crippen molar-refractivity contribution in [3.8, 4) is 0 Å². The van der Waals surface area contributed by atoms with Gasteiger partial charge in [-0.1, -0.05) is 6.07 Å². The Morgan fingerprint density at radius 2 is 1.93 bits per heavy atom. The van der Waals surface area contributed by atoms with Gasteiger partial charge in [0.2, 0.25) is 11.8 Å². The summed E-state index contributed by atoms with van der Waals surface area (Å²) in [7, 11) is 3.88. The predicted molar refractivity (Wildman–Crippen MR) is 98.1 cm³/mol. The molecule has 27 heavy (non-hydrogen) atoms. The van der Waals surface area contributed by atoms with Crippen molar-refractivity contribution in [2.75, 3.05) is 40.3 Å². The van der Waals surface area contributed by atoms with Crippen molar-refractivity contribution in [2.24, 2.45) is 0 Å². The standard InChI is InChI=1S/C20H27F2N3O2/c1-23-10-9-20(8-7-18(23)26)14-25(12-11-24(20)2)19(27)6-4-15-3-5-16(21)13-17(15)22/h3,5,13H,4,6-12,14H2,1-2H3/t20-/m0/s1. The van der Waals surface area contributed by atoms with Crippen molar-refractivity contribution < 1.29 is 18.4 Å². The Morgan fingerprint density at radius 1 is 1.15 bits per heavy atom. The third kappa shape index (κ3) is 4.29. The molecule has 1 atom stereocenters. The van der Waals surface area contributed by atoms with E-state index in [0.29, 0.717) is 31.6 Å². The number of carbonyl (C=O) groups excluding carboxylic acids is 2. The lowest BCUT2D eigenvalue weighted by molar-refractivity contribution is -0.136. The minimum atomic E-state index is -0.614. The number of carbonyl (C=O) groups is 2. The Labute approximate surface area is 158 Å². The van der Waals surface area contributed by atoms with E-state index >= 15 is 0 Å². The largest absolute Gasteiger partial charge is 0.346 e. The minimum Gasteiger partial charge on any atom is -0.346 e. The van der Waals surface area contributed by atoms with Crippen LogP contribution in [-0.2, 0) is 16.0 Å². The van der Waals surface area contributed by atoms with E-state index in [0.717, 1.165) is 25.5 Å². The number of amides is 2. The van der Waals surface area contributed by atoms with Gasteiger partial charge in [-0.3, -0.25) is 14.5 Å². The topological polar surface area (TPSA) is 43.9 Å². The molecule has 5 nitrogen and oxygen atoms in total. The van der Waals surface area contributed by atoms with E-state index in [1.807, 2.05) is 11.9 Å². The molecule has 3 rings (SSSR count). The summed E-state index contributed by atoms with van der Waals surface area (Å²) in [5, 5.41) is 0. The van der Waals surface area contributed by atoms with Crippen molar-refractivity contribution >= 4 is 11.8 Å². The van der Waals surface area contributed by atoms with E-state index < -0.39 is 11.6 Å². The molecule has 0 aliphatic carbocycles. The highest BCUT2D eigenvalue weighted by molar-refractivity contribution is 5.77. The number of halogens is 2. The average Bonchev–Trinajstić information content (AvgIpc) is 2.78. The molecule has 1 aromatic carbocycles. The zero-order valence-electron chi connectivity index (χ0n) is 16.0. The fourth-order valence-electron chi connectivity index (χ4n) is 4.10. The molecule has 7 heteroatoms. The van der Waals surface area contributed by atoms with Crippen molar-refractivity contribution in [3.63, 3.8) is 0 Å². The second-order valence-corrected chi connectivity index (χ2v) is 7.76. The van der Waals surface area contributed by atoms with E-state index in [4.69, 9.17) is 0 Å². The maximum absolute atomic E-state index is 13.8. The molecule has 2 heterocycles. The molecule has 2 aliphatic rings. The first-order valence-electron chi connectivity index (χ1n) is 9.48. The van der Waals surface area contributed by atoms with Crippen LogP contribution >= 0.6 is 0 Å². The number of hydrogen-bond acceptors (Lipinski definition) is 3. The van der Waals surface area contributed by atoms with E-state index in [9.17, 15) is 18.4 Å². The number of likely N-dealkylation sites (N-methyl/N-ethyl adjacent to an activating group) is 1. The summed E-state index contributed by atoms with van der Waals surface area (Å²) in [6.45, 7) is 2.67. The highest BCUT2D eigenvalue weighted by Gasteiger charge is 2.42. The van der Waals surface area contributed by atoms with Crippen molar-refractivity contribution in [3.05, 3.63) is 35.4 Å². The number of likely N-dealkylation sites (tertiary alicyclic amines) is 1. The molecule has 2 amide bonds. The highest BCUT2D eigenvalue weighted by Crippen LogP contribution is 2.32. The molecule has 2 aliphatic heterocycles. The first-order chi connectivity index (χ1) is 12.8. The van der Waals surface area contributed by atoms with Crippen molar-refractivity contribution in [1.82, 2.24) is 14.7 Å². The second-order valence-electron chi connectivity index (χ2n) is 7.76. The summed E-state index contributed by atoms with van der Waals surface area (Å²) in [6.07, 6.45) is 2.52. The maximum atomic E-state index is 13.8. The van der Waals surface area contributed by atoms with Crippen LogP contribution in [0.15, 0.2) is 18.2 Å². The van der Waals surface area contributed by atoms with Gasteiger partial charge in [-0.2, -0.15) is 0 Å². The summed E-state index contributed by atoms with van der Waals surface area (Å²) < 4.78 is 26.8. The van der Waals surface area contributed by atoms with Gasteiger partial charge in [-0.05, 0) is 37.9 Å². The lowest BCUT2D eigenvalue weighted by Gasteiger charge is -2.49. The molecule has 2 fully saturated rings. The molecule has 0 N–H and O–H groups in total. The number of benzene rings is 1. The van der Waals surface area contributed by atoms with Gasteiger partial charge in [0.25, 0.3) is 0 Å². The average molecular weight is 379 g/mol. The molecule has 0 aromatic heterocycles. The van der Waals surface area contributed by atoms with Crippen molar-refractivity contribution in [2.45, 2.75) is 37.6 Å². The predicted octanol–water partition coefficient (Wildman–Crippen LogP) is 2.05. The van der Waals surface area contributed by atoms with Crippen LogP contribution in [0.5, 0.6) is 0 Å². The Hall–Kier alpha value is -2.02. The van der Waals surface area contributed by atoms with Crippen LogP contribution in [0, 0.1) is 11.6 Å². The Bertz CT molecular complexity index is 727. The second kappa shape index (κ2) is 7.92. The van der Waals surface area contributed by atoms with Gasteiger partial charge >= 0.3 is 0 Å². The fourth-order valence-corrected chi connectivity index (χ4v) is 4.10. The number of hydrogen-bond donors (Lipinski definition) is 0. The van der Waals surface area contributed by atoms with Gasteiger partial charge in [0.15, 0.2) is 0 Å². The lowest BCUT2D eigenvalue weighted by atomic mass is 9.86. The molecule has 1 aromatic rings. The summed E-state index contributed by atoms with van der Waals surface area (Å²) >= 11 is 0. The quantitative estimate of drug-likeness (QED) is 0.808. The molecule has 0 bridgehead atoms. The summed E-state index contributed by atoms with van der Waals surface area (Å²) in [4.78, 5) is 30.7. The van der Waals surface area contributed by atoms with Crippen LogP contribution in [-0.4, -0.2) is 72.3 Å². The van der Waals surface area contributed by atoms with Crippen LogP contribution in [0.4, 0.5) is 8.78 Å². The highest BCUT2D eigenvalue weighted by atomic mass is 19.1. The van der Waals surface area contributed by atoms with Crippen LogP contribution < -0.4 is 0 Å². The monoisotopic (exact) mass is 379 g/mol. The molecule has 2 saturated heterocycles. The van der Waals surface area contributed by atoms with E-state index in [-0.39, 0.29) is 30.2 Å². The lowest BCUT2D eigenvalue weighted by Crippen LogP contribution is -2.62. The van der Waals surface area contributed by atoms with E-state index in [1.165, 1.54) is 12.1 Å². The smallest absolute Gasteiger partial charge is 0.223 e. The zero-order valence-corrected chi connectivity index (χ0v) is 16.0. The number of aryl methyl sites for hydroxylation is 1. The van der Waals surface area contributed by atoms with Crippen LogP contribution in [0.25, 0.3) is 0 Å². The Kier molecular flexibility index (Phi) is 5.79. The Balaban J connectivity index is 1.64. The Morgan fingerprint density at radius 3 is 2.67 bits per heavy atom. The van der Waals surface area contributed by atoms with Crippen LogP contribution in [0.3, 0.4) is 0 Å². The van der Waals surface area contributed by atoms with E-state index in [1.54, 1.807) is 4.90 Å². The molecular weight excluding hydrogens is 352 g/mol.